The van der Waals surface area contributed by atoms with Gasteiger partial charge in [-0.2, -0.15) is 0 Å². The van der Waals surface area contributed by atoms with E-state index in [1.54, 1.807) is 6.20 Å². The first-order valence-corrected chi connectivity index (χ1v) is 7.49. The molecule has 8 heteroatoms. The van der Waals surface area contributed by atoms with Gasteiger partial charge in [-0.1, -0.05) is 17.7 Å². The first kappa shape index (κ1) is 15.9. The van der Waals surface area contributed by atoms with E-state index in [-0.39, 0.29) is 23.0 Å². The number of carbonyl (C=O) groups is 1. The third-order valence-electron chi connectivity index (χ3n) is 3.51. The summed E-state index contributed by atoms with van der Waals surface area (Å²) in [5.74, 6) is -0.299. The zero-order valence-electron chi connectivity index (χ0n) is 12.7. The fraction of sp³-hybridized carbons (Fsp3) is 0.125. The zero-order valence-corrected chi connectivity index (χ0v) is 13.4. The van der Waals surface area contributed by atoms with Crippen molar-refractivity contribution < 1.29 is 9.72 Å². The van der Waals surface area contributed by atoms with Gasteiger partial charge in [0.05, 0.1) is 27.7 Å². The number of halogens is 1. The van der Waals surface area contributed by atoms with E-state index < -0.39 is 4.92 Å². The molecular formula is C16H13ClN4O3. The normalized spacial score (nSPS) is 10.8. The van der Waals surface area contributed by atoms with Crippen molar-refractivity contribution in [3.8, 4) is 0 Å². The molecule has 0 saturated heterocycles. The highest BCUT2D eigenvalue weighted by atomic mass is 35.5. The molecule has 0 atom stereocenters. The lowest BCUT2D eigenvalue weighted by Gasteiger charge is -2.06. The quantitative estimate of drug-likeness (QED) is 0.580. The Morgan fingerprint density at radius 1 is 1.42 bits per heavy atom. The van der Waals surface area contributed by atoms with Crippen LogP contribution in [0.3, 0.4) is 0 Å². The summed E-state index contributed by atoms with van der Waals surface area (Å²) >= 11 is 5.97. The summed E-state index contributed by atoms with van der Waals surface area (Å²) in [5, 5.41) is 13.4. The predicted octanol–water partition coefficient (Wildman–Crippen LogP) is 3.39. The Kier molecular flexibility index (Phi) is 4.18. The van der Waals surface area contributed by atoms with E-state index in [2.05, 4.69) is 10.3 Å². The Morgan fingerprint density at radius 3 is 2.88 bits per heavy atom. The first-order chi connectivity index (χ1) is 11.4. The minimum absolute atomic E-state index is 0.0778. The molecule has 3 rings (SSSR count). The zero-order chi connectivity index (χ0) is 17.3. The summed E-state index contributed by atoms with van der Waals surface area (Å²) in [6.45, 7) is 1.95. The highest BCUT2D eigenvalue weighted by Gasteiger charge is 2.13. The Morgan fingerprint density at radius 2 is 2.21 bits per heavy atom. The number of nitrogens with zero attached hydrogens (tertiary/aromatic N) is 3. The molecule has 122 valence electrons. The molecule has 1 N–H and O–H groups in total. The van der Waals surface area contributed by atoms with Crippen LogP contribution < -0.4 is 5.32 Å². The summed E-state index contributed by atoms with van der Waals surface area (Å²) in [4.78, 5) is 26.7. The van der Waals surface area contributed by atoms with Gasteiger partial charge in [-0.05, 0) is 24.6 Å². The SMILES string of the molecule is Cc1cccn2cc(CC(=O)Nc3ccc([N+](=O)[O-])cc3Cl)nc12. The van der Waals surface area contributed by atoms with Crippen LogP contribution in [0.25, 0.3) is 5.65 Å². The van der Waals surface area contributed by atoms with Gasteiger partial charge in [0.15, 0.2) is 0 Å². The van der Waals surface area contributed by atoms with Gasteiger partial charge in [0.25, 0.3) is 5.69 Å². The van der Waals surface area contributed by atoms with Gasteiger partial charge in [-0.3, -0.25) is 14.9 Å². The molecule has 24 heavy (non-hydrogen) atoms. The number of hydrogen-bond acceptors (Lipinski definition) is 4. The third kappa shape index (κ3) is 3.21. The number of amides is 1. The van der Waals surface area contributed by atoms with Crippen molar-refractivity contribution in [2.75, 3.05) is 5.32 Å². The van der Waals surface area contributed by atoms with E-state index in [0.29, 0.717) is 11.4 Å². The van der Waals surface area contributed by atoms with Crippen LogP contribution in [-0.2, 0) is 11.2 Å². The fourth-order valence-electron chi connectivity index (χ4n) is 2.37. The standard InChI is InChI=1S/C16H13ClN4O3/c1-10-3-2-6-20-9-11(18-16(10)20)7-15(22)19-14-5-4-12(21(23)24)8-13(14)17/h2-6,8-9H,7H2,1H3,(H,19,22). The summed E-state index contributed by atoms with van der Waals surface area (Å²) < 4.78 is 1.86. The molecule has 2 aromatic heterocycles. The number of nitrogens with one attached hydrogen (secondary N) is 1. The van der Waals surface area contributed by atoms with Crippen molar-refractivity contribution in [2.45, 2.75) is 13.3 Å². The van der Waals surface area contributed by atoms with Crippen molar-refractivity contribution in [3.05, 3.63) is 69.1 Å². The fourth-order valence-corrected chi connectivity index (χ4v) is 2.59. The molecule has 0 radical (unpaired) electrons. The minimum atomic E-state index is -0.545. The van der Waals surface area contributed by atoms with Crippen molar-refractivity contribution in [3.63, 3.8) is 0 Å². The second kappa shape index (κ2) is 6.29. The third-order valence-corrected chi connectivity index (χ3v) is 3.82. The molecule has 0 bridgehead atoms. The number of benzene rings is 1. The van der Waals surface area contributed by atoms with E-state index in [1.807, 2.05) is 29.7 Å². The van der Waals surface area contributed by atoms with E-state index in [0.717, 1.165) is 11.2 Å². The van der Waals surface area contributed by atoms with Crippen LogP contribution in [0, 0.1) is 17.0 Å². The molecule has 0 spiro atoms. The second-order valence-electron chi connectivity index (χ2n) is 5.30. The first-order valence-electron chi connectivity index (χ1n) is 7.11. The van der Waals surface area contributed by atoms with Crippen LogP contribution in [-0.4, -0.2) is 20.2 Å². The van der Waals surface area contributed by atoms with Crippen LogP contribution in [0.4, 0.5) is 11.4 Å². The number of hydrogen-bond donors (Lipinski definition) is 1. The van der Waals surface area contributed by atoms with Crippen LogP contribution >= 0.6 is 11.6 Å². The summed E-state index contributed by atoms with van der Waals surface area (Å²) in [6.07, 6.45) is 3.73. The van der Waals surface area contributed by atoms with Gasteiger partial charge in [0.1, 0.15) is 5.65 Å². The van der Waals surface area contributed by atoms with Crippen molar-refractivity contribution in [1.82, 2.24) is 9.38 Å². The van der Waals surface area contributed by atoms with Crippen LogP contribution in [0.1, 0.15) is 11.3 Å². The molecule has 3 aromatic rings. The number of pyridine rings is 1. The Bertz CT molecular complexity index is 952. The number of nitro groups is 1. The number of non-ortho nitro benzene ring substituents is 1. The lowest BCUT2D eigenvalue weighted by molar-refractivity contribution is -0.384. The van der Waals surface area contributed by atoms with E-state index in [4.69, 9.17) is 11.6 Å². The van der Waals surface area contributed by atoms with Gasteiger partial charge in [0.2, 0.25) is 5.91 Å². The van der Waals surface area contributed by atoms with Gasteiger partial charge in [0, 0.05) is 24.5 Å². The highest BCUT2D eigenvalue weighted by molar-refractivity contribution is 6.34. The smallest absolute Gasteiger partial charge is 0.271 e. The molecule has 1 aromatic carbocycles. The molecule has 1 amide bonds. The molecule has 0 aliphatic rings. The number of rotatable bonds is 4. The number of imidazole rings is 1. The Labute approximate surface area is 142 Å². The molecule has 2 heterocycles. The molecular weight excluding hydrogens is 332 g/mol. The number of anilines is 1. The monoisotopic (exact) mass is 344 g/mol. The maximum absolute atomic E-state index is 12.2. The topological polar surface area (TPSA) is 89.5 Å². The highest BCUT2D eigenvalue weighted by Crippen LogP contribution is 2.26. The molecule has 7 nitrogen and oxygen atoms in total. The lowest BCUT2D eigenvalue weighted by Crippen LogP contribution is -2.15. The van der Waals surface area contributed by atoms with Gasteiger partial charge >= 0.3 is 0 Å². The molecule has 0 unspecified atom stereocenters. The molecule has 0 saturated carbocycles. The number of carbonyl (C=O) groups excluding carboxylic acids is 1. The Hall–Kier alpha value is -2.93. The van der Waals surface area contributed by atoms with Crippen molar-refractivity contribution >= 4 is 34.5 Å². The van der Waals surface area contributed by atoms with Gasteiger partial charge < -0.3 is 9.72 Å². The second-order valence-corrected chi connectivity index (χ2v) is 5.71. The molecule has 0 aliphatic carbocycles. The maximum atomic E-state index is 12.2. The van der Waals surface area contributed by atoms with Crippen molar-refractivity contribution in [2.24, 2.45) is 0 Å². The van der Waals surface area contributed by atoms with Crippen LogP contribution in [0.15, 0.2) is 42.7 Å². The summed E-state index contributed by atoms with van der Waals surface area (Å²) in [6, 6.07) is 7.75. The number of nitro benzene ring substituents is 1. The van der Waals surface area contributed by atoms with Gasteiger partial charge in [-0.25, -0.2) is 4.98 Å². The predicted molar refractivity (Wildman–Crippen MR) is 90.4 cm³/mol. The van der Waals surface area contributed by atoms with Gasteiger partial charge in [-0.15, -0.1) is 0 Å². The molecule has 0 fully saturated rings. The molecule has 0 aliphatic heterocycles. The maximum Gasteiger partial charge on any atom is 0.271 e. The minimum Gasteiger partial charge on any atom is -0.324 e. The van der Waals surface area contributed by atoms with E-state index in [9.17, 15) is 14.9 Å². The number of aryl methyl sites for hydroxylation is 1. The number of fused-ring (bicyclic) bond motifs is 1. The number of aromatic nitrogens is 2. The summed E-state index contributed by atoms with van der Waals surface area (Å²) in [5.41, 5.74) is 2.64. The van der Waals surface area contributed by atoms with Crippen LogP contribution in [0.5, 0.6) is 0 Å². The van der Waals surface area contributed by atoms with E-state index >= 15 is 0 Å². The largest absolute Gasteiger partial charge is 0.324 e. The lowest BCUT2D eigenvalue weighted by atomic mass is 10.2. The average Bonchev–Trinajstić information content (AvgIpc) is 2.93. The summed E-state index contributed by atoms with van der Waals surface area (Å²) in [7, 11) is 0. The van der Waals surface area contributed by atoms with Crippen molar-refractivity contribution in [1.29, 1.82) is 0 Å². The Balaban J connectivity index is 1.75. The van der Waals surface area contributed by atoms with Crippen LogP contribution in [0.2, 0.25) is 5.02 Å². The van der Waals surface area contributed by atoms with E-state index in [1.165, 1.54) is 18.2 Å². The average molecular weight is 345 g/mol.